The van der Waals surface area contributed by atoms with Crippen molar-refractivity contribution in [2.45, 2.75) is 18.9 Å². The van der Waals surface area contributed by atoms with Crippen LogP contribution in [0.1, 0.15) is 24.8 Å². The van der Waals surface area contributed by atoms with Crippen LogP contribution in [0.15, 0.2) is 33.3 Å². The maximum atomic E-state index is 5.31. The molecular weight excluding hydrogens is 282 g/mol. The first kappa shape index (κ1) is 10.9. The molecule has 17 heavy (non-hydrogen) atoms. The van der Waals surface area contributed by atoms with Crippen LogP contribution in [0, 0.1) is 0 Å². The second kappa shape index (κ2) is 4.58. The third-order valence-corrected chi connectivity index (χ3v) is 3.61. The summed E-state index contributed by atoms with van der Waals surface area (Å²) < 4.78 is 6.29. The minimum Gasteiger partial charge on any atom is -0.337 e. The highest BCUT2D eigenvalue weighted by molar-refractivity contribution is 9.10. The van der Waals surface area contributed by atoms with E-state index >= 15 is 0 Å². The smallest absolute Gasteiger partial charge is 0.244 e. The van der Waals surface area contributed by atoms with Gasteiger partial charge in [-0.15, -0.1) is 0 Å². The second-order valence-electron chi connectivity index (χ2n) is 4.09. The lowest BCUT2D eigenvalue weighted by atomic mass is 10.2. The Bertz CT molecular complexity index is 520. The van der Waals surface area contributed by atoms with Crippen molar-refractivity contribution in [2.24, 2.45) is 0 Å². The number of nitrogens with one attached hydrogen (secondary N) is 1. The van der Waals surface area contributed by atoms with Crippen molar-refractivity contribution < 1.29 is 4.52 Å². The van der Waals surface area contributed by atoms with E-state index in [1.165, 1.54) is 0 Å². The number of halogens is 1. The maximum absolute atomic E-state index is 5.31. The molecule has 1 saturated heterocycles. The summed E-state index contributed by atoms with van der Waals surface area (Å²) in [4.78, 5) is 4.45. The Morgan fingerprint density at radius 3 is 3.00 bits per heavy atom. The van der Waals surface area contributed by atoms with E-state index < -0.39 is 0 Å². The van der Waals surface area contributed by atoms with Gasteiger partial charge in [-0.1, -0.05) is 33.2 Å². The molecule has 1 unspecified atom stereocenters. The molecule has 1 aliphatic heterocycles. The molecular formula is C12H12BrN3O. The summed E-state index contributed by atoms with van der Waals surface area (Å²) in [6.45, 7) is 1.03. The topological polar surface area (TPSA) is 51.0 Å². The van der Waals surface area contributed by atoms with E-state index in [1.54, 1.807) is 0 Å². The highest BCUT2D eigenvalue weighted by Crippen LogP contribution is 2.28. The quantitative estimate of drug-likeness (QED) is 0.925. The Hall–Kier alpha value is -1.20. The van der Waals surface area contributed by atoms with Gasteiger partial charge in [0.15, 0.2) is 0 Å². The summed E-state index contributed by atoms with van der Waals surface area (Å²) in [5.41, 5.74) is 0.959. The molecule has 88 valence electrons. The van der Waals surface area contributed by atoms with Gasteiger partial charge in [0.05, 0.1) is 6.04 Å². The van der Waals surface area contributed by atoms with Crippen molar-refractivity contribution in [2.75, 3.05) is 6.54 Å². The summed E-state index contributed by atoms with van der Waals surface area (Å²) in [6, 6.07) is 8.09. The third kappa shape index (κ3) is 2.12. The van der Waals surface area contributed by atoms with Crippen LogP contribution in [0.25, 0.3) is 11.4 Å². The number of hydrogen-bond donors (Lipinski definition) is 1. The van der Waals surface area contributed by atoms with Crippen molar-refractivity contribution in [3.05, 3.63) is 34.6 Å². The predicted molar refractivity (Wildman–Crippen MR) is 67.4 cm³/mol. The van der Waals surface area contributed by atoms with Crippen molar-refractivity contribution in [3.8, 4) is 11.4 Å². The van der Waals surface area contributed by atoms with Gasteiger partial charge < -0.3 is 9.84 Å². The first-order valence-corrected chi connectivity index (χ1v) is 6.46. The summed E-state index contributed by atoms with van der Waals surface area (Å²) in [7, 11) is 0. The molecule has 2 aromatic rings. The maximum Gasteiger partial charge on any atom is 0.244 e. The monoisotopic (exact) mass is 293 g/mol. The molecule has 1 aliphatic rings. The minimum atomic E-state index is 0.221. The predicted octanol–water partition coefficient (Wildman–Crippen LogP) is 2.92. The molecule has 5 heteroatoms. The number of nitrogens with zero attached hydrogens (tertiary/aromatic N) is 2. The fourth-order valence-corrected chi connectivity index (χ4v) is 2.49. The number of benzene rings is 1. The highest BCUT2D eigenvalue weighted by atomic mass is 79.9. The van der Waals surface area contributed by atoms with Gasteiger partial charge >= 0.3 is 0 Å². The van der Waals surface area contributed by atoms with E-state index in [0.29, 0.717) is 11.7 Å². The molecule has 0 spiro atoms. The van der Waals surface area contributed by atoms with Gasteiger partial charge in [0, 0.05) is 10.0 Å². The molecule has 3 rings (SSSR count). The van der Waals surface area contributed by atoms with Gasteiger partial charge in [-0.25, -0.2) is 0 Å². The van der Waals surface area contributed by atoms with Crippen molar-refractivity contribution in [1.82, 2.24) is 15.5 Å². The molecule has 1 aromatic heterocycles. The highest BCUT2D eigenvalue weighted by Gasteiger charge is 2.22. The molecule has 0 amide bonds. The SMILES string of the molecule is Brc1ccccc1-c1noc(C2CCCN2)n1. The van der Waals surface area contributed by atoms with Crippen molar-refractivity contribution in [3.63, 3.8) is 0 Å². The van der Waals surface area contributed by atoms with Crippen LogP contribution in [-0.4, -0.2) is 16.7 Å². The molecule has 4 nitrogen and oxygen atoms in total. The van der Waals surface area contributed by atoms with Crippen LogP contribution in [0.3, 0.4) is 0 Å². The van der Waals surface area contributed by atoms with Crippen LogP contribution in [0.5, 0.6) is 0 Å². The fraction of sp³-hybridized carbons (Fsp3) is 0.333. The average Bonchev–Trinajstić information content (AvgIpc) is 3.00. The number of aromatic nitrogens is 2. The zero-order chi connectivity index (χ0) is 11.7. The molecule has 1 atom stereocenters. The molecule has 1 N–H and O–H groups in total. The standard InChI is InChI=1S/C12H12BrN3O/c13-9-5-2-1-4-8(9)11-15-12(17-16-11)10-6-3-7-14-10/h1-2,4-5,10,14H,3,6-7H2. The lowest BCUT2D eigenvalue weighted by Crippen LogP contribution is -2.12. The summed E-state index contributed by atoms with van der Waals surface area (Å²) >= 11 is 3.49. The first-order chi connectivity index (χ1) is 8.34. The second-order valence-corrected chi connectivity index (χ2v) is 4.94. The number of rotatable bonds is 2. The Labute approximate surface area is 108 Å². The van der Waals surface area contributed by atoms with Crippen LogP contribution in [0.2, 0.25) is 0 Å². The minimum absolute atomic E-state index is 0.221. The lowest BCUT2D eigenvalue weighted by molar-refractivity contribution is 0.345. The zero-order valence-electron chi connectivity index (χ0n) is 9.19. The summed E-state index contributed by atoms with van der Waals surface area (Å²) in [5, 5.41) is 7.38. The molecule has 0 aliphatic carbocycles. The van der Waals surface area contributed by atoms with E-state index in [4.69, 9.17) is 4.52 Å². The Morgan fingerprint density at radius 2 is 2.24 bits per heavy atom. The zero-order valence-corrected chi connectivity index (χ0v) is 10.8. The molecule has 0 radical (unpaired) electrons. The van der Waals surface area contributed by atoms with Gasteiger partial charge in [0.1, 0.15) is 0 Å². The Kier molecular flexibility index (Phi) is 2.94. The number of hydrogen-bond acceptors (Lipinski definition) is 4. The molecule has 0 bridgehead atoms. The van der Waals surface area contributed by atoms with Crippen LogP contribution >= 0.6 is 15.9 Å². The summed E-state index contributed by atoms with van der Waals surface area (Å²) in [6.07, 6.45) is 2.23. The fourth-order valence-electron chi connectivity index (χ4n) is 2.02. The van der Waals surface area contributed by atoms with Gasteiger partial charge in [-0.05, 0) is 31.5 Å². The summed E-state index contributed by atoms with van der Waals surface area (Å²) in [5.74, 6) is 1.33. The van der Waals surface area contributed by atoms with Crippen LogP contribution in [-0.2, 0) is 0 Å². The Balaban J connectivity index is 1.92. The van der Waals surface area contributed by atoms with Crippen LogP contribution < -0.4 is 5.32 Å². The van der Waals surface area contributed by atoms with Crippen LogP contribution in [0.4, 0.5) is 0 Å². The largest absolute Gasteiger partial charge is 0.337 e. The normalized spacial score (nSPS) is 19.7. The first-order valence-electron chi connectivity index (χ1n) is 5.66. The lowest BCUT2D eigenvalue weighted by Gasteiger charge is -2.01. The molecule has 2 heterocycles. The molecule has 0 saturated carbocycles. The average molecular weight is 294 g/mol. The van der Waals surface area contributed by atoms with E-state index in [1.807, 2.05) is 24.3 Å². The van der Waals surface area contributed by atoms with Crippen molar-refractivity contribution >= 4 is 15.9 Å². The van der Waals surface area contributed by atoms with Gasteiger partial charge in [-0.2, -0.15) is 4.98 Å². The molecule has 1 aromatic carbocycles. The van der Waals surface area contributed by atoms with Crippen molar-refractivity contribution in [1.29, 1.82) is 0 Å². The van der Waals surface area contributed by atoms with Gasteiger partial charge in [-0.3, -0.25) is 0 Å². The Morgan fingerprint density at radius 1 is 1.35 bits per heavy atom. The van der Waals surface area contributed by atoms with Gasteiger partial charge in [0.25, 0.3) is 0 Å². The van der Waals surface area contributed by atoms with E-state index in [9.17, 15) is 0 Å². The van der Waals surface area contributed by atoms with E-state index in [-0.39, 0.29) is 6.04 Å². The molecule has 1 fully saturated rings. The van der Waals surface area contributed by atoms with E-state index in [0.717, 1.165) is 29.4 Å². The third-order valence-electron chi connectivity index (χ3n) is 2.91. The van der Waals surface area contributed by atoms with Gasteiger partial charge in [0.2, 0.25) is 11.7 Å². The van der Waals surface area contributed by atoms with E-state index in [2.05, 4.69) is 31.4 Å².